The van der Waals surface area contributed by atoms with E-state index in [-0.39, 0.29) is 0 Å². The van der Waals surface area contributed by atoms with Crippen LogP contribution in [0.15, 0.2) is 65.2 Å². The predicted molar refractivity (Wildman–Crippen MR) is 74.7 cm³/mol. The number of furan rings is 1. The lowest BCUT2D eigenvalue weighted by Gasteiger charge is -1.98. The summed E-state index contributed by atoms with van der Waals surface area (Å²) in [6.45, 7) is 0. The number of benzene rings is 1. The van der Waals surface area contributed by atoms with Crippen molar-refractivity contribution in [3.05, 3.63) is 60.8 Å². The number of para-hydroxylation sites is 1. The van der Waals surface area contributed by atoms with Gasteiger partial charge in [-0.25, -0.2) is 4.98 Å². The summed E-state index contributed by atoms with van der Waals surface area (Å²) in [4.78, 5) is 8.86. The van der Waals surface area contributed by atoms with Crippen molar-refractivity contribution in [1.29, 1.82) is 0 Å². The van der Waals surface area contributed by atoms with Crippen molar-refractivity contribution in [1.82, 2.24) is 9.97 Å². The highest BCUT2D eigenvalue weighted by atomic mass is 16.3. The van der Waals surface area contributed by atoms with Crippen molar-refractivity contribution < 1.29 is 4.42 Å². The van der Waals surface area contributed by atoms with Gasteiger partial charge in [0.05, 0.1) is 11.4 Å². The number of rotatable bonds is 1. The molecule has 3 heterocycles. The van der Waals surface area contributed by atoms with Crippen LogP contribution in [0.3, 0.4) is 0 Å². The van der Waals surface area contributed by atoms with Crippen LogP contribution in [0.2, 0.25) is 0 Å². The fourth-order valence-corrected chi connectivity index (χ4v) is 2.26. The first-order chi connectivity index (χ1) is 9.42. The first-order valence-corrected chi connectivity index (χ1v) is 6.11. The van der Waals surface area contributed by atoms with Crippen LogP contribution in [0, 0.1) is 0 Å². The lowest BCUT2D eigenvalue weighted by molar-refractivity contribution is 0.654. The van der Waals surface area contributed by atoms with Gasteiger partial charge in [-0.05, 0) is 30.3 Å². The maximum Gasteiger partial charge on any atom is 0.227 e. The minimum absolute atomic E-state index is 0.657. The van der Waals surface area contributed by atoms with Gasteiger partial charge in [0.25, 0.3) is 0 Å². The van der Waals surface area contributed by atoms with Gasteiger partial charge in [-0.3, -0.25) is 4.98 Å². The van der Waals surface area contributed by atoms with Gasteiger partial charge in [-0.2, -0.15) is 0 Å². The summed E-state index contributed by atoms with van der Waals surface area (Å²) in [6, 6.07) is 17.8. The van der Waals surface area contributed by atoms with Gasteiger partial charge in [-0.1, -0.05) is 24.3 Å². The molecule has 0 saturated carbocycles. The quantitative estimate of drug-likeness (QED) is 0.508. The Morgan fingerprint density at radius 1 is 0.737 bits per heavy atom. The van der Waals surface area contributed by atoms with Crippen molar-refractivity contribution in [2.45, 2.75) is 0 Å². The van der Waals surface area contributed by atoms with Crippen molar-refractivity contribution in [2.75, 3.05) is 0 Å². The Labute approximate surface area is 109 Å². The normalized spacial score (nSPS) is 11.2. The van der Waals surface area contributed by atoms with Gasteiger partial charge in [0.2, 0.25) is 5.71 Å². The number of hydrogen-bond donors (Lipinski definition) is 0. The molecule has 19 heavy (non-hydrogen) atoms. The van der Waals surface area contributed by atoms with Gasteiger partial charge >= 0.3 is 0 Å². The van der Waals surface area contributed by atoms with E-state index in [1.54, 1.807) is 6.20 Å². The topological polar surface area (TPSA) is 38.9 Å². The molecule has 3 aromatic heterocycles. The highest BCUT2D eigenvalue weighted by molar-refractivity contribution is 6.03. The van der Waals surface area contributed by atoms with E-state index in [0.29, 0.717) is 5.71 Å². The number of fused-ring (bicyclic) bond motifs is 3. The second kappa shape index (κ2) is 3.92. The van der Waals surface area contributed by atoms with Gasteiger partial charge < -0.3 is 4.42 Å². The highest BCUT2D eigenvalue weighted by Gasteiger charge is 2.09. The van der Waals surface area contributed by atoms with E-state index in [1.807, 2.05) is 54.6 Å². The molecule has 90 valence electrons. The maximum atomic E-state index is 5.78. The minimum atomic E-state index is 0.657. The molecule has 0 bridgehead atoms. The molecule has 0 fully saturated rings. The molecule has 0 aliphatic rings. The Morgan fingerprint density at radius 3 is 2.53 bits per heavy atom. The Kier molecular flexibility index (Phi) is 2.12. The third-order valence-electron chi connectivity index (χ3n) is 3.17. The zero-order valence-electron chi connectivity index (χ0n) is 10.1. The Morgan fingerprint density at radius 2 is 1.63 bits per heavy atom. The van der Waals surface area contributed by atoms with E-state index in [4.69, 9.17) is 4.42 Å². The van der Waals surface area contributed by atoms with E-state index in [1.165, 1.54) is 0 Å². The molecule has 0 amide bonds. The third-order valence-corrected chi connectivity index (χ3v) is 3.17. The molecular weight excluding hydrogens is 236 g/mol. The molecular formula is C16H10N2O. The Bertz CT molecular complexity index is 866. The standard InChI is InChI=1S/C16H10N2O/c1-2-7-15-11(5-1)12-8-9-14(18-16(12)19-15)13-6-3-4-10-17-13/h1-10H. The summed E-state index contributed by atoms with van der Waals surface area (Å²) in [5.41, 5.74) is 3.20. The third kappa shape index (κ3) is 1.59. The lowest BCUT2D eigenvalue weighted by atomic mass is 10.1. The maximum absolute atomic E-state index is 5.78. The average molecular weight is 246 g/mol. The molecule has 3 nitrogen and oxygen atoms in total. The average Bonchev–Trinajstić information content (AvgIpc) is 2.86. The zero-order valence-corrected chi connectivity index (χ0v) is 10.1. The number of pyridine rings is 2. The van der Waals surface area contributed by atoms with E-state index in [0.717, 1.165) is 27.7 Å². The van der Waals surface area contributed by atoms with E-state index >= 15 is 0 Å². The summed E-state index contributed by atoms with van der Waals surface area (Å²) >= 11 is 0. The minimum Gasteiger partial charge on any atom is -0.438 e. The predicted octanol–water partition coefficient (Wildman–Crippen LogP) is 4.04. The molecule has 0 N–H and O–H groups in total. The van der Waals surface area contributed by atoms with Crippen LogP contribution >= 0.6 is 0 Å². The van der Waals surface area contributed by atoms with Crippen LogP contribution < -0.4 is 0 Å². The molecule has 1 aromatic carbocycles. The second-order valence-electron chi connectivity index (χ2n) is 4.36. The van der Waals surface area contributed by atoms with E-state index in [2.05, 4.69) is 9.97 Å². The van der Waals surface area contributed by atoms with Gasteiger partial charge in [0.15, 0.2) is 0 Å². The summed E-state index contributed by atoms with van der Waals surface area (Å²) in [5, 5.41) is 2.13. The number of aromatic nitrogens is 2. The summed E-state index contributed by atoms with van der Waals surface area (Å²) in [6.07, 6.45) is 1.76. The van der Waals surface area contributed by atoms with Crippen LogP contribution in [0.4, 0.5) is 0 Å². The molecule has 0 aliphatic carbocycles. The van der Waals surface area contributed by atoms with Gasteiger partial charge in [-0.15, -0.1) is 0 Å². The molecule has 4 rings (SSSR count). The van der Waals surface area contributed by atoms with Crippen molar-refractivity contribution in [2.24, 2.45) is 0 Å². The fraction of sp³-hybridized carbons (Fsp3) is 0. The summed E-state index contributed by atoms with van der Waals surface area (Å²) in [7, 11) is 0. The number of hydrogen-bond acceptors (Lipinski definition) is 3. The SMILES string of the molecule is c1ccc(-c2ccc3c(n2)oc2ccccc23)nc1. The van der Waals surface area contributed by atoms with Gasteiger partial charge in [0, 0.05) is 17.0 Å². The summed E-state index contributed by atoms with van der Waals surface area (Å²) in [5.74, 6) is 0. The first-order valence-electron chi connectivity index (χ1n) is 6.11. The van der Waals surface area contributed by atoms with Crippen LogP contribution in [-0.2, 0) is 0 Å². The van der Waals surface area contributed by atoms with Crippen LogP contribution in [0.1, 0.15) is 0 Å². The smallest absolute Gasteiger partial charge is 0.227 e. The molecule has 3 heteroatoms. The van der Waals surface area contributed by atoms with Crippen molar-refractivity contribution in [3.8, 4) is 11.4 Å². The summed E-state index contributed by atoms with van der Waals surface area (Å²) < 4.78 is 5.78. The number of nitrogens with zero attached hydrogens (tertiary/aromatic N) is 2. The largest absolute Gasteiger partial charge is 0.438 e. The molecule has 0 spiro atoms. The molecule has 0 radical (unpaired) electrons. The molecule has 0 saturated heterocycles. The first kappa shape index (κ1) is 10.3. The highest BCUT2D eigenvalue weighted by Crippen LogP contribution is 2.28. The molecule has 0 atom stereocenters. The van der Waals surface area contributed by atoms with Gasteiger partial charge in [0.1, 0.15) is 5.58 Å². The Balaban J connectivity index is 1.99. The van der Waals surface area contributed by atoms with E-state index < -0.39 is 0 Å². The molecule has 4 aromatic rings. The van der Waals surface area contributed by atoms with Crippen molar-refractivity contribution in [3.63, 3.8) is 0 Å². The zero-order chi connectivity index (χ0) is 12.7. The monoisotopic (exact) mass is 246 g/mol. The Hall–Kier alpha value is -2.68. The second-order valence-corrected chi connectivity index (χ2v) is 4.36. The molecule has 0 unspecified atom stereocenters. The van der Waals surface area contributed by atoms with Crippen LogP contribution in [0.5, 0.6) is 0 Å². The lowest BCUT2D eigenvalue weighted by Crippen LogP contribution is -1.85. The van der Waals surface area contributed by atoms with Crippen molar-refractivity contribution >= 4 is 22.1 Å². The van der Waals surface area contributed by atoms with Crippen LogP contribution in [0.25, 0.3) is 33.5 Å². The van der Waals surface area contributed by atoms with E-state index in [9.17, 15) is 0 Å². The van der Waals surface area contributed by atoms with Crippen LogP contribution in [-0.4, -0.2) is 9.97 Å². The molecule has 0 aliphatic heterocycles. The fourth-order valence-electron chi connectivity index (χ4n) is 2.26.